The third-order valence-corrected chi connectivity index (χ3v) is 6.82. The summed E-state index contributed by atoms with van der Waals surface area (Å²) in [5, 5.41) is 0. The highest BCUT2D eigenvalue weighted by Gasteiger charge is 2.34. The summed E-state index contributed by atoms with van der Waals surface area (Å²) in [6, 6.07) is 20.6. The number of halogens is 1. The summed E-state index contributed by atoms with van der Waals surface area (Å²) in [5.41, 5.74) is 5.44. The molecule has 1 atom stereocenters. The predicted octanol–water partition coefficient (Wildman–Crippen LogP) is 5.78. The summed E-state index contributed by atoms with van der Waals surface area (Å²) in [5.74, 6) is 1.70. The lowest BCUT2D eigenvalue weighted by atomic mass is 10.1. The molecule has 4 aromatic rings. The van der Waals surface area contributed by atoms with E-state index >= 15 is 0 Å². The largest absolute Gasteiger partial charge is 0.494 e. The number of carbonyl (C=O) groups excluding carboxylic acids is 1. The van der Waals surface area contributed by atoms with E-state index in [0.717, 1.165) is 41.1 Å². The summed E-state index contributed by atoms with van der Waals surface area (Å²) in [4.78, 5) is 19.6. The minimum atomic E-state index is -0.269. The molecule has 1 aliphatic heterocycles. The van der Waals surface area contributed by atoms with Gasteiger partial charge in [-0.05, 0) is 73.4 Å². The van der Waals surface area contributed by atoms with E-state index in [1.807, 2.05) is 29.2 Å². The fraction of sp³-hybridized carbons (Fsp3) is 0.310. The number of amides is 1. The second-order valence-corrected chi connectivity index (χ2v) is 9.36. The Morgan fingerprint density at radius 1 is 1.03 bits per heavy atom. The first-order valence-electron chi connectivity index (χ1n) is 12.2. The van der Waals surface area contributed by atoms with Gasteiger partial charge in [-0.25, -0.2) is 9.37 Å². The number of hydrogen-bond acceptors (Lipinski definition) is 3. The summed E-state index contributed by atoms with van der Waals surface area (Å²) in [6.07, 6.45) is 1.27. The Bertz CT molecular complexity index is 1350. The zero-order valence-electron chi connectivity index (χ0n) is 20.2. The van der Waals surface area contributed by atoms with Crippen molar-refractivity contribution in [1.82, 2.24) is 14.5 Å². The van der Waals surface area contributed by atoms with E-state index in [0.29, 0.717) is 26.1 Å². The number of nitrogens with zero attached hydrogens (tertiary/aromatic N) is 3. The van der Waals surface area contributed by atoms with Crippen LogP contribution in [0.25, 0.3) is 11.0 Å². The van der Waals surface area contributed by atoms with E-state index in [4.69, 9.17) is 9.72 Å². The minimum absolute atomic E-state index is 0.0241. The molecule has 1 aliphatic rings. The molecule has 0 saturated carbocycles. The van der Waals surface area contributed by atoms with Crippen LogP contribution in [0.2, 0.25) is 0 Å². The summed E-state index contributed by atoms with van der Waals surface area (Å²) in [6.45, 7) is 6.66. The normalized spacial score (nSPS) is 15.8. The molecule has 0 bridgehead atoms. The topological polar surface area (TPSA) is 47.4 Å². The molecular weight excluding hydrogens is 441 g/mol. The Morgan fingerprint density at radius 3 is 2.63 bits per heavy atom. The van der Waals surface area contributed by atoms with Gasteiger partial charge in [0.05, 0.1) is 17.6 Å². The molecule has 1 amide bonds. The number of rotatable bonds is 8. The maximum Gasteiger partial charge on any atom is 0.223 e. The van der Waals surface area contributed by atoms with Gasteiger partial charge in [0.2, 0.25) is 5.91 Å². The van der Waals surface area contributed by atoms with Crippen LogP contribution in [-0.4, -0.2) is 33.5 Å². The van der Waals surface area contributed by atoms with E-state index in [-0.39, 0.29) is 17.6 Å². The summed E-state index contributed by atoms with van der Waals surface area (Å²) < 4.78 is 21.5. The number of benzene rings is 3. The van der Waals surface area contributed by atoms with Crippen molar-refractivity contribution in [3.63, 3.8) is 0 Å². The number of fused-ring (bicyclic) bond motifs is 1. The van der Waals surface area contributed by atoms with Crippen LogP contribution in [0.15, 0.2) is 66.7 Å². The Kier molecular flexibility index (Phi) is 6.53. The van der Waals surface area contributed by atoms with Crippen LogP contribution < -0.4 is 4.74 Å². The number of aryl methyl sites for hydroxylation is 3. The zero-order chi connectivity index (χ0) is 24.4. The molecule has 5 nitrogen and oxygen atoms in total. The molecule has 0 aliphatic carbocycles. The molecule has 3 aromatic carbocycles. The molecule has 2 heterocycles. The van der Waals surface area contributed by atoms with Crippen LogP contribution in [0.5, 0.6) is 5.75 Å². The van der Waals surface area contributed by atoms with Crippen molar-refractivity contribution in [2.24, 2.45) is 0 Å². The van der Waals surface area contributed by atoms with Gasteiger partial charge in [0.1, 0.15) is 17.4 Å². The van der Waals surface area contributed by atoms with Crippen LogP contribution in [0.4, 0.5) is 4.39 Å². The quantitative estimate of drug-likeness (QED) is 0.306. The lowest BCUT2D eigenvalue weighted by molar-refractivity contribution is -0.128. The molecule has 35 heavy (non-hydrogen) atoms. The second-order valence-electron chi connectivity index (χ2n) is 9.36. The van der Waals surface area contributed by atoms with Crippen molar-refractivity contribution in [1.29, 1.82) is 0 Å². The molecule has 5 rings (SSSR count). The standard InChI is InChI=1S/C29H30FN3O2/c1-20-8-13-25(16-21(20)2)35-15-5-14-33-27-7-4-3-6-26(27)31-29(33)23-17-28(34)32(19-23)18-22-9-11-24(30)12-10-22/h3-4,6-13,16,23H,5,14-15,17-19H2,1-2H3. The first kappa shape index (κ1) is 23.1. The molecule has 0 spiro atoms. The highest BCUT2D eigenvalue weighted by Crippen LogP contribution is 2.31. The average molecular weight is 472 g/mol. The third kappa shape index (κ3) is 5.06. The van der Waals surface area contributed by atoms with E-state index in [1.54, 1.807) is 12.1 Å². The number of aromatic nitrogens is 2. The number of likely N-dealkylation sites (tertiary alicyclic amines) is 1. The van der Waals surface area contributed by atoms with Crippen LogP contribution in [0, 0.1) is 19.7 Å². The van der Waals surface area contributed by atoms with Crippen LogP contribution in [0.3, 0.4) is 0 Å². The van der Waals surface area contributed by atoms with Gasteiger partial charge < -0.3 is 14.2 Å². The van der Waals surface area contributed by atoms with E-state index in [2.05, 4.69) is 36.6 Å². The van der Waals surface area contributed by atoms with Crippen molar-refractivity contribution >= 4 is 16.9 Å². The lowest BCUT2D eigenvalue weighted by Gasteiger charge is -2.17. The highest BCUT2D eigenvalue weighted by atomic mass is 19.1. The van der Waals surface area contributed by atoms with Gasteiger partial charge in [-0.15, -0.1) is 0 Å². The van der Waals surface area contributed by atoms with Crippen molar-refractivity contribution in [2.45, 2.75) is 45.7 Å². The molecule has 6 heteroatoms. The number of ether oxygens (including phenoxy) is 1. The molecule has 180 valence electrons. The minimum Gasteiger partial charge on any atom is -0.494 e. The first-order chi connectivity index (χ1) is 17.0. The maximum absolute atomic E-state index is 13.3. The van der Waals surface area contributed by atoms with Gasteiger partial charge in [-0.2, -0.15) is 0 Å². The van der Waals surface area contributed by atoms with E-state index in [9.17, 15) is 9.18 Å². The number of imidazole rings is 1. The van der Waals surface area contributed by atoms with E-state index < -0.39 is 0 Å². The van der Waals surface area contributed by atoms with Crippen molar-refractivity contribution < 1.29 is 13.9 Å². The Balaban J connectivity index is 1.29. The number of para-hydroxylation sites is 2. The smallest absolute Gasteiger partial charge is 0.223 e. The lowest BCUT2D eigenvalue weighted by Crippen LogP contribution is -2.24. The number of hydrogen-bond donors (Lipinski definition) is 0. The van der Waals surface area contributed by atoms with Crippen molar-refractivity contribution in [3.05, 3.63) is 95.1 Å². The predicted molar refractivity (Wildman–Crippen MR) is 135 cm³/mol. The molecular formula is C29H30FN3O2. The van der Waals surface area contributed by atoms with Crippen molar-refractivity contribution in [3.8, 4) is 5.75 Å². The van der Waals surface area contributed by atoms with Gasteiger partial charge in [-0.3, -0.25) is 4.79 Å². The van der Waals surface area contributed by atoms with Gasteiger partial charge in [0, 0.05) is 32.0 Å². The van der Waals surface area contributed by atoms with Gasteiger partial charge in [0.25, 0.3) is 0 Å². The third-order valence-electron chi connectivity index (χ3n) is 6.82. The van der Waals surface area contributed by atoms with Crippen molar-refractivity contribution in [2.75, 3.05) is 13.2 Å². The van der Waals surface area contributed by atoms with Gasteiger partial charge >= 0.3 is 0 Å². The Labute approximate surface area is 205 Å². The monoisotopic (exact) mass is 471 g/mol. The van der Waals surface area contributed by atoms with E-state index in [1.165, 1.54) is 23.3 Å². The molecule has 1 saturated heterocycles. The fourth-order valence-electron chi connectivity index (χ4n) is 4.77. The molecule has 0 N–H and O–H groups in total. The average Bonchev–Trinajstić information content (AvgIpc) is 3.40. The first-order valence-corrected chi connectivity index (χ1v) is 12.2. The zero-order valence-corrected chi connectivity index (χ0v) is 20.2. The molecule has 1 aromatic heterocycles. The number of carbonyl (C=O) groups is 1. The Hall–Kier alpha value is -3.67. The SMILES string of the molecule is Cc1ccc(OCCCn2c(C3CC(=O)N(Cc4ccc(F)cc4)C3)nc3ccccc32)cc1C. The summed E-state index contributed by atoms with van der Waals surface area (Å²) >= 11 is 0. The highest BCUT2D eigenvalue weighted by molar-refractivity contribution is 5.81. The van der Waals surface area contributed by atoms with Crippen LogP contribution in [-0.2, 0) is 17.9 Å². The summed E-state index contributed by atoms with van der Waals surface area (Å²) in [7, 11) is 0. The molecule has 1 fully saturated rings. The second kappa shape index (κ2) is 9.90. The maximum atomic E-state index is 13.3. The van der Waals surface area contributed by atoms with Crippen LogP contribution in [0.1, 0.15) is 41.3 Å². The molecule has 1 unspecified atom stereocenters. The van der Waals surface area contributed by atoms with Gasteiger partial charge in [-0.1, -0.05) is 30.3 Å². The Morgan fingerprint density at radius 2 is 1.83 bits per heavy atom. The van der Waals surface area contributed by atoms with Gasteiger partial charge in [0.15, 0.2) is 0 Å². The molecule has 0 radical (unpaired) electrons. The van der Waals surface area contributed by atoms with Crippen LogP contribution >= 0.6 is 0 Å². The fourth-order valence-corrected chi connectivity index (χ4v) is 4.77.